The number of primary amides is 1. The summed E-state index contributed by atoms with van der Waals surface area (Å²) in [5.41, 5.74) is 7.44. The molecule has 25 heavy (non-hydrogen) atoms. The molecule has 5 heteroatoms. The summed E-state index contributed by atoms with van der Waals surface area (Å²) >= 11 is 1.38. The summed E-state index contributed by atoms with van der Waals surface area (Å²) in [6, 6.07) is 20.3. The summed E-state index contributed by atoms with van der Waals surface area (Å²) < 4.78 is 0. The highest BCUT2D eigenvalue weighted by Gasteiger charge is 2.22. The fourth-order valence-electron chi connectivity index (χ4n) is 2.84. The van der Waals surface area contributed by atoms with Gasteiger partial charge in [0.15, 0.2) is 0 Å². The van der Waals surface area contributed by atoms with Crippen molar-refractivity contribution < 1.29 is 9.59 Å². The van der Waals surface area contributed by atoms with E-state index in [4.69, 9.17) is 5.73 Å². The van der Waals surface area contributed by atoms with E-state index in [1.165, 1.54) is 22.9 Å². The monoisotopic (exact) mass is 356 g/mol. The fourth-order valence-corrected chi connectivity index (χ4v) is 3.51. The Morgan fingerprint density at radius 1 is 1.00 bits per heavy atom. The molecule has 4 nitrogen and oxygen atoms in total. The van der Waals surface area contributed by atoms with Gasteiger partial charge in [0.25, 0.3) is 0 Å². The van der Waals surface area contributed by atoms with E-state index < -0.39 is 0 Å². The van der Waals surface area contributed by atoms with Crippen molar-refractivity contribution in [1.82, 2.24) is 5.32 Å². The number of nitrogens with one attached hydrogen (secondary N) is 1. The molecule has 0 radical (unpaired) electrons. The number of hydrogen-bond donors (Lipinski definition) is 2. The van der Waals surface area contributed by atoms with Crippen LogP contribution < -0.4 is 11.1 Å². The molecule has 0 fully saturated rings. The summed E-state index contributed by atoms with van der Waals surface area (Å²) in [7, 11) is 0. The Balaban J connectivity index is 2.02. The SMILES string of the molecule is CC(NC(=O)CCSCC(N)=O)C(c1ccccc1)c1ccccc1. The molecule has 2 aromatic rings. The number of carbonyl (C=O) groups excluding carboxylic acids is 2. The highest BCUT2D eigenvalue weighted by Crippen LogP contribution is 2.28. The third-order valence-corrected chi connectivity index (χ3v) is 4.91. The Morgan fingerprint density at radius 2 is 1.52 bits per heavy atom. The second-order valence-electron chi connectivity index (χ2n) is 5.92. The highest BCUT2D eigenvalue weighted by atomic mass is 32.2. The number of carbonyl (C=O) groups is 2. The zero-order valence-corrected chi connectivity index (χ0v) is 15.2. The number of nitrogens with two attached hydrogens (primary N) is 1. The molecular weight excluding hydrogens is 332 g/mol. The van der Waals surface area contributed by atoms with Gasteiger partial charge in [-0.15, -0.1) is 0 Å². The van der Waals surface area contributed by atoms with E-state index in [2.05, 4.69) is 29.6 Å². The van der Waals surface area contributed by atoms with Crippen molar-refractivity contribution in [2.24, 2.45) is 5.73 Å². The van der Waals surface area contributed by atoms with Gasteiger partial charge in [0, 0.05) is 24.1 Å². The minimum absolute atomic E-state index is 0.0127. The van der Waals surface area contributed by atoms with E-state index in [1.807, 2.05) is 43.3 Å². The van der Waals surface area contributed by atoms with Crippen LogP contribution in [0.1, 0.15) is 30.4 Å². The van der Waals surface area contributed by atoms with Gasteiger partial charge in [-0.2, -0.15) is 11.8 Å². The minimum Gasteiger partial charge on any atom is -0.369 e. The van der Waals surface area contributed by atoms with E-state index in [-0.39, 0.29) is 29.5 Å². The predicted octanol–water partition coefficient (Wildman–Crippen LogP) is 2.93. The summed E-state index contributed by atoms with van der Waals surface area (Å²) in [5, 5.41) is 3.10. The van der Waals surface area contributed by atoms with Crippen LogP contribution in [0.5, 0.6) is 0 Å². The molecule has 0 spiro atoms. The third kappa shape index (κ3) is 6.27. The molecule has 2 amide bonds. The molecule has 0 heterocycles. The van der Waals surface area contributed by atoms with Crippen LogP contribution in [0.4, 0.5) is 0 Å². The molecule has 3 N–H and O–H groups in total. The van der Waals surface area contributed by atoms with E-state index >= 15 is 0 Å². The van der Waals surface area contributed by atoms with Gasteiger partial charge in [-0.05, 0) is 18.1 Å². The van der Waals surface area contributed by atoms with Gasteiger partial charge in [0.05, 0.1) is 5.75 Å². The maximum Gasteiger partial charge on any atom is 0.227 e. The first-order chi connectivity index (χ1) is 12.1. The smallest absolute Gasteiger partial charge is 0.227 e. The Bertz CT molecular complexity index is 637. The summed E-state index contributed by atoms with van der Waals surface area (Å²) in [6.45, 7) is 2.03. The second kappa shape index (κ2) is 9.89. The third-order valence-electron chi connectivity index (χ3n) is 3.92. The molecule has 0 aliphatic rings. The quantitative estimate of drug-likeness (QED) is 0.679. The number of rotatable bonds is 9. The molecule has 2 aromatic carbocycles. The molecule has 1 unspecified atom stereocenters. The number of hydrogen-bond acceptors (Lipinski definition) is 3. The lowest BCUT2D eigenvalue weighted by molar-refractivity contribution is -0.121. The first kappa shape index (κ1) is 19.1. The molecule has 0 saturated carbocycles. The van der Waals surface area contributed by atoms with Crippen LogP contribution in [0.15, 0.2) is 60.7 Å². The first-order valence-electron chi connectivity index (χ1n) is 8.33. The summed E-state index contributed by atoms with van der Waals surface area (Å²) in [4.78, 5) is 23.0. The van der Waals surface area contributed by atoms with Gasteiger partial charge in [-0.25, -0.2) is 0 Å². The normalized spacial score (nSPS) is 11.9. The Kier molecular flexibility index (Phi) is 7.54. The standard InChI is InChI=1S/C20H24N2O2S/c1-15(22-19(24)12-13-25-14-18(21)23)20(16-8-4-2-5-9-16)17-10-6-3-7-11-17/h2-11,15,20H,12-14H2,1H3,(H2,21,23)(H,22,24). The van der Waals surface area contributed by atoms with Crippen molar-refractivity contribution >= 4 is 23.6 Å². The van der Waals surface area contributed by atoms with Crippen molar-refractivity contribution in [3.8, 4) is 0 Å². The zero-order chi connectivity index (χ0) is 18.1. The molecule has 0 saturated heterocycles. The molecule has 1 atom stereocenters. The van der Waals surface area contributed by atoms with Crippen molar-refractivity contribution in [3.63, 3.8) is 0 Å². The van der Waals surface area contributed by atoms with Crippen molar-refractivity contribution in [2.45, 2.75) is 25.3 Å². The topological polar surface area (TPSA) is 72.2 Å². The predicted molar refractivity (Wildman–Crippen MR) is 103 cm³/mol. The molecule has 0 bridgehead atoms. The van der Waals surface area contributed by atoms with E-state index in [0.29, 0.717) is 12.2 Å². The van der Waals surface area contributed by atoms with Crippen molar-refractivity contribution in [3.05, 3.63) is 71.8 Å². The number of amides is 2. The lowest BCUT2D eigenvalue weighted by Crippen LogP contribution is -2.37. The van der Waals surface area contributed by atoms with Gasteiger partial charge in [0.1, 0.15) is 0 Å². The van der Waals surface area contributed by atoms with Crippen LogP contribution in [0, 0.1) is 0 Å². The Labute approximate surface area is 153 Å². The second-order valence-corrected chi connectivity index (χ2v) is 7.03. The average Bonchev–Trinajstić information content (AvgIpc) is 2.60. The van der Waals surface area contributed by atoms with Gasteiger partial charge in [-0.3, -0.25) is 9.59 Å². The first-order valence-corrected chi connectivity index (χ1v) is 9.48. The van der Waals surface area contributed by atoms with Crippen molar-refractivity contribution in [1.29, 1.82) is 0 Å². The van der Waals surface area contributed by atoms with Gasteiger partial charge < -0.3 is 11.1 Å². The fraction of sp³-hybridized carbons (Fsp3) is 0.300. The summed E-state index contributed by atoms with van der Waals surface area (Å²) in [6.07, 6.45) is 0.374. The lowest BCUT2D eigenvalue weighted by Gasteiger charge is -2.26. The van der Waals surface area contributed by atoms with E-state index in [0.717, 1.165) is 0 Å². The van der Waals surface area contributed by atoms with Gasteiger partial charge in [-0.1, -0.05) is 60.7 Å². The van der Waals surface area contributed by atoms with Crippen LogP contribution in [0.3, 0.4) is 0 Å². The van der Waals surface area contributed by atoms with Crippen LogP contribution in [0.2, 0.25) is 0 Å². The maximum absolute atomic E-state index is 12.2. The maximum atomic E-state index is 12.2. The molecule has 0 aromatic heterocycles. The zero-order valence-electron chi connectivity index (χ0n) is 14.4. The van der Waals surface area contributed by atoms with E-state index in [1.54, 1.807) is 0 Å². The Morgan fingerprint density at radius 3 is 2.00 bits per heavy atom. The molecular formula is C20H24N2O2S. The van der Waals surface area contributed by atoms with Crippen LogP contribution in [-0.4, -0.2) is 29.4 Å². The van der Waals surface area contributed by atoms with Crippen LogP contribution in [0.25, 0.3) is 0 Å². The van der Waals surface area contributed by atoms with Crippen LogP contribution in [-0.2, 0) is 9.59 Å². The number of benzene rings is 2. The molecule has 0 aliphatic heterocycles. The van der Waals surface area contributed by atoms with Gasteiger partial charge in [0.2, 0.25) is 11.8 Å². The van der Waals surface area contributed by atoms with Crippen molar-refractivity contribution in [2.75, 3.05) is 11.5 Å². The van der Waals surface area contributed by atoms with Crippen LogP contribution >= 0.6 is 11.8 Å². The average molecular weight is 356 g/mol. The largest absolute Gasteiger partial charge is 0.369 e. The molecule has 0 aliphatic carbocycles. The molecule has 132 valence electrons. The van der Waals surface area contributed by atoms with Gasteiger partial charge >= 0.3 is 0 Å². The Hall–Kier alpha value is -2.27. The van der Waals surface area contributed by atoms with E-state index in [9.17, 15) is 9.59 Å². The molecule has 2 rings (SSSR count). The number of thioether (sulfide) groups is 1. The lowest BCUT2D eigenvalue weighted by atomic mass is 9.86. The minimum atomic E-state index is -0.355. The summed E-state index contributed by atoms with van der Waals surface area (Å²) in [5.74, 6) is 0.556. The highest BCUT2D eigenvalue weighted by molar-refractivity contribution is 7.99.